The molecule has 2 fully saturated rings. The third-order valence-corrected chi connectivity index (χ3v) is 4.49. The molecule has 2 aliphatic heterocycles. The monoisotopic (exact) mass is 224 g/mol. The maximum Gasteiger partial charge on any atom is 0.00223 e. The second-order valence-electron chi connectivity index (χ2n) is 6.80. The molecule has 2 heteroatoms. The molecule has 1 unspecified atom stereocenters. The van der Waals surface area contributed by atoms with Crippen LogP contribution in [0.5, 0.6) is 0 Å². The van der Waals surface area contributed by atoms with Crippen molar-refractivity contribution >= 4 is 0 Å². The molecular formula is C14H28N2. The molecule has 0 bridgehead atoms. The van der Waals surface area contributed by atoms with E-state index in [-0.39, 0.29) is 0 Å². The van der Waals surface area contributed by atoms with Gasteiger partial charge in [0.15, 0.2) is 0 Å². The van der Waals surface area contributed by atoms with Gasteiger partial charge in [0.1, 0.15) is 0 Å². The molecular weight excluding hydrogens is 196 g/mol. The van der Waals surface area contributed by atoms with E-state index < -0.39 is 0 Å². The fourth-order valence-electron chi connectivity index (χ4n) is 3.22. The standard InChI is InChI=1S/C14H28N2/c1-14(2,3)13-5-8-16(9-6-13)11-12-4-7-15-10-12/h12-13,15H,4-11H2,1-3H3. The van der Waals surface area contributed by atoms with Gasteiger partial charge in [-0.25, -0.2) is 0 Å². The Balaban J connectivity index is 1.72. The predicted molar refractivity (Wildman–Crippen MR) is 69.6 cm³/mol. The summed E-state index contributed by atoms with van der Waals surface area (Å²) >= 11 is 0. The van der Waals surface area contributed by atoms with E-state index in [0.29, 0.717) is 5.41 Å². The molecule has 0 aromatic carbocycles. The maximum absolute atomic E-state index is 3.47. The number of rotatable bonds is 2. The van der Waals surface area contributed by atoms with Crippen LogP contribution in [0.25, 0.3) is 0 Å². The third-order valence-electron chi connectivity index (χ3n) is 4.49. The molecule has 0 spiro atoms. The minimum absolute atomic E-state index is 0.515. The van der Waals surface area contributed by atoms with Crippen LogP contribution in [0.3, 0.4) is 0 Å². The molecule has 2 heterocycles. The van der Waals surface area contributed by atoms with Crippen molar-refractivity contribution in [1.82, 2.24) is 10.2 Å². The maximum atomic E-state index is 3.47. The van der Waals surface area contributed by atoms with Gasteiger partial charge in [-0.2, -0.15) is 0 Å². The van der Waals surface area contributed by atoms with Crippen molar-refractivity contribution in [3.63, 3.8) is 0 Å². The first-order chi connectivity index (χ1) is 7.55. The summed E-state index contributed by atoms with van der Waals surface area (Å²) in [6.07, 6.45) is 4.20. The summed E-state index contributed by atoms with van der Waals surface area (Å²) in [7, 11) is 0. The first-order valence-electron chi connectivity index (χ1n) is 6.99. The van der Waals surface area contributed by atoms with Crippen LogP contribution in [-0.4, -0.2) is 37.6 Å². The van der Waals surface area contributed by atoms with Gasteiger partial charge in [0, 0.05) is 6.54 Å². The van der Waals surface area contributed by atoms with Crippen LogP contribution in [0.2, 0.25) is 0 Å². The topological polar surface area (TPSA) is 15.3 Å². The number of piperidine rings is 1. The lowest BCUT2D eigenvalue weighted by Gasteiger charge is -2.39. The quantitative estimate of drug-likeness (QED) is 0.774. The average Bonchev–Trinajstić information content (AvgIpc) is 2.70. The van der Waals surface area contributed by atoms with Crippen molar-refractivity contribution in [2.24, 2.45) is 17.3 Å². The van der Waals surface area contributed by atoms with E-state index >= 15 is 0 Å². The Morgan fingerprint density at radius 3 is 2.31 bits per heavy atom. The molecule has 1 N–H and O–H groups in total. The second kappa shape index (κ2) is 5.05. The first-order valence-corrected chi connectivity index (χ1v) is 6.99. The van der Waals surface area contributed by atoms with Gasteiger partial charge in [-0.05, 0) is 62.7 Å². The molecule has 2 saturated heterocycles. The lowest BCUT2D eigenvalue weighted by Crippen LogP contribution is -2.40. The summed E-state index contributed by atoms with van der Waals surface area (Å²) in [4.78, 5) is 2.69. The zero-order valence-electron chi connectivity index (χ0n) is 11.3. The van der Waals surface area contributed by atoms with E-state index in [9.17, 15) is 0 Å². The van der Waals surface area contributed by atoms with Crippen LogP contribution in [0, 0.1) is 17.3 Å². The summed E-state index contributed by atoms with van der Waals surface area (Å²) in [6, 6.07) is 0. The Bertz CT molecular complexity index is 205. The lowest BCUT2D eigenvalue weighted by molar-refractivity contribution is 0.103. The first kappa shape index (κ1) is 12.4. The molecule has 0 amide bonds. The molecule has 0 aromatic rings. The fourth-order valence-corrected chi connectivity index (χ4v) is 3.22. The summed E-state index contributed by atoms with van der Waals surface area (Å²) in [5.41, 5.74) is 0.515. The van der Waals surface area contributed by atoms with Crippen molar-refractivity contribution in [1.29, 1.82) is 0 Å². The summed E-state index contributed by atoms with van der Waals surface area (Å²) in [6.45, 7) is 13.7. The fraction of sp³-hybridized carbons (Fsp3) is 1.00. The van der Waals surface area contributed by atoms with Crippen molar-refractivity contribution in [3.05, 3.63) is 0 Å². The van der Waals surface area contributed by atoms with E-state index in [1.807, 2.05) is 0 Å². The predicted octanol–water partition coefficient (Wildman–Crippen LogP) is 2.35. The molecule has 0 saturated carbocycles. The Kier molecular flexibility index (Phi) is 3.91. The number of nitrogens with zero attached hydrogens (tertiary/aromatic N) is 1. The highest BCUT2D eigenvalue weighted by atomic mass is 15.1. The lowest BCUT2D eigenvalue weighted by atomic mass is 9.75. The van der Waals surface area contributed by atoms with Gasteiger partial charge in [-0.15, -0.1) is 0 Å². The highest BCUT2D eigenvalue weighted by Gasteiger charge is 2.29. The van der Waals surface area contributed by atoms with E-state index in [0.717, 1.165) is 11.8 Å². The molecule has 2 nitrogen and oxygen atoms in total. The minimum atomic E-state index is 0.515. The Hall–Kier alpha value is -0.0800. The van der Waals surface area contributed by atoms with Crippen LogP contribution in [0.1, 0.15) is 40.0 Å². The number of likely N-dealkylation sites (tertiary alicyclic amines) is 1. The molecule has 16 heavy (non-hydrogen) atoms. The zero-order chi connectivity index (χ0) is 11.6. The molecule has 1 atom stereocenters. The highest BCUT2D eigenvalue weighted by Crippen LogP contribution is 2.34. The van der Waals surface area contributed by atoms with Crippen molar-refractivity contribution in [2.45, 2.75) is 40.0 Å². The van der Waals surface area contributed by atoms with Crippen LogP contribution < -0.4 is 5.32 Å². The van der Waals surface area contributed by atoms with Gasteiger partial charge in [0.05, 0.1) is 0 Å². The SMILES string of the molecule is CC(C)(C)C1CCN(CC2CCNC2)CC1. The minimum Gasteiger partial charge on any atom is -0.316 e. The number of nitrogens with one attached hydrogen (secondary N) is 1. The molecule has 2 aliphatic rings. The van der Waals surface area contributed by atoms with Crippen LogP contribution in [0.4, 0.5) is 0 Å². The highest BCUT2D eigenvalue weighted by molar-refractivity contribution is 4.82. The Morgan fingerprint density at radius 1 is 1.12 bits per heavy atom. The van der Waals surface area contributed by atoms with E-state index in [2.05, 4.69) is 31.0 Å². The van der Waals surface area contributed by atoms with Crippen molar-refractivity contribution in [3.8, 4) is 0 Å². The molecule has 0 aromatic heterocycles. The van der Waals surface area contributed by atoms with Gasteiger partial charge >= 0.3 is 0 Å². The third kappa shape index (κ3) is 3.21. The van der Waals surface area contributed by atoms with Crippen LogP contribution in [-0.2, 0) is 0 Å². The van der Waals surface area contributed by atoms with Gasteiger partial charge < -0.3 is 10.2 Å². The molecule has 2 rings (SSSR count). The summed E-state index contributed by atoms with van der Waals surface area (Å²) in [5.74, 6) is 1.86. The summed E-state index contributed by atoms with van der Waals surface area (Å²) < 4.78 is 0. The smallest absolute Gasteiger partial charge is 0.00223 e. The van der Waals surface area contributed by atoms with Crippen molar-refractivity contribution in [2.75, 3.05) is 32.7 Å². The van der Waals surface area contributed by atoms with Crippen LogP contribution >= 0.6 is 0 Å². The van der Waals surface area contributed by atoms with Gasteiger partial charge in [0.2, 0.25) is 0 Å². The second-order valence-corrected chi connectivity index (χ2v) is 6.80. The Morgan fingerprint density at radius 2 is 1.81 bits per heavy atom. The van der Waals surface area contributed by atoms with Gasteiger partial charge in [-0.1, -0.05) is 20.8 Å². The van der Waals surface area contributed by atoms with E-state index in [1.165, 1.54) is 52.0 Å². The largest absolute Gasteiger partial charge is 0.316 e. The van der Waals surface area contributed by atoms with Crippen LogP contribution in [0.15, 0.2) is 0 Å². The van der Waals surface area contributed by atoms with E-state index in [1.54, 1.807) is 0 Å². The van der Waals surface area contributed by atoms with E-state index in [4.69, 9.17) is 0 Å². The normalized spacial score (nSPS) is 29.8. The number of hydrogen-bond donors (Lipinski definition) is 1. The van der Waals surface area contributed by atoms with Gasteiger partial charge in [-0.3, -0.25) is 0 Å². The molecule has 94 valence electrons. The Labute approximate surface area is 101 Å². The average molecular weight is 224 g/mol. The zero-order valence-corrected chi connectivity index (χ0v) is 11.3. The summed E-state index contributed by atoms with van der Waals surface area (Å²) in [5, 5.41) is 3.47. The van der Waals surface area contributed by atoms with Crippen molar-refractivity contribution < 1.29 is 0 Å². The van der Waals surface area contributed by atoms with Gasteiger partial charge in [0.25, 0.3) is 0 Å². The number of hydrogen-bond acceptors (Lipinski definition) is 2. The molecule has 0 aliphatic carbocycles. The molecule has 0 radical (unpaired) electrons.